The second-order valence-corrected chi connectivity index (χ2v) is 5.04. The van der Waals surface area contributed by atoms with E-state index < -0.39 is 0 Å². The number of benzene rings is 1. The summed E-state index contributed by atoms with van der Waals surface area (Å²) in [6.45, 7) is 3.38. The molecule has 17 heavy (non-hydrogen) atoms. The van der Waals surface area contributed by atoms with Gasteiger partial charge >= 0.3 is 0 Å². The highest BCUT2D eigenvalue weighted by molar-refractivity contribution is 5.59. The first-order valence-corrected chi connectivity index (χ1v) is 6.37. The number of nitrogens with one attached hydrogen (secondary N) is 1. The summed E-state index contributed by atoms with van der Waals surface area (Å²) in [5.74, 6) is 2.44. The molecule has 3 heteroatoms. The van der Waals surface area contributed by atoms with Crippen molar-refractivity contribution in [2.75, 3.05) is 24.7 Å². The zero-order chi connectivity index (χ0) is 12.3. The summed E-state index contributed by atoms with van der Waals surface area (Å²) in [6.07, 6.45) is 4.08. The Balaban J connectivity index is 1.96. The van der Waals surface area contributed by atoms with Gasteiger partial charge in [-0.3, -0.25) is 0 Å². The lowest BCUT2D eigenvalue weighted by Crippen LogP contribution is -2.16. The maximum atomic E-state index is 5.83. The van der Waals surface area contributed by atoms with Crippen molar-refractivity contribution < 1.29 is 4.74 Å². The maximum Gasteiger partial charge on any atom is 0.122 e. The molecule has 1 aromatic carbocycles. The van der Waals surface area contributed by atoms with Gasteiger partial charge in [-0.1, -0.05) is 19.8 Å². The van der Waals surface area contributed by atoms with Gasteiger partial charge < -0.3 is 15.8 Å². The summed E-state index contributed by atoms with van der Waals surface area (Å²) in [4.78, 5) is 0. The van der Waals surface area contributed by atoms with Crippen molar-refractivity contribution in [3.8, 4) is 5.75 Å². The molecule has 1 fully saturated rings. The first-order valence-electron chi connectivity index (χ1n) is 6.37. The van der Waals surface area contributed by atoms with E-state index >= 15 is 0 Å². The van der Waals surface area contributed by atoms with Crippen LogP contribution >= 0.6 is 0 Å². The van der Waals surface area contributed by atoms with Gasteiger partial charge in [0.25, 0.3) is 0 Å². The SMILES string of the molecule is COc1cc(N)cc(NCC2CCCC2C)c1. The van der Waals surface area contributed by atoms with Crippen molar-refractivity contribution in [1.29, 1.82) is 0 Å². The zero-order valence-electron chi connectivity index (χ0n) is 10.7. The third-order valence-electron chi connectivity index (χ3n) is 3.77. The monoisotopic (exact) mass is 234 g/mol. The van der Waals surface area contributed by atoms with E-state index in [1.165, 1.54) is 19.3 Å². The summed E-state index contributed by atoms with van der Waals surface area (Å²) < 4.78 is 5.21. The van der Waals surface area contributed by atoms with Crippen molar-refractivity contribution in [3.63, 3.8) is 0 Å². The van der Waals surface area contributed by atoms with E-state index in [2.05, 4.69) is 12.2 Å². The minimum atomic E-state index is 0.742. The Labute approximate surface area is 103 Å². The fourth-order valence-corrected chi connectivity index (χ4v) is 2.62. The maximum absolute atomic E-state index is 5.83. The summed E-state index contributed by atoms with van der Waals surface area (Å²) in [5, 5.41) is 3.47. The van der Waals surface area contributed by atoms with Gasteiger partial charge in [0.15, 0.2) is 0 Å². The Bertz CT molecular complexity index is 378. The van der Waals surface area contributed by atoms with Crippen LogP contribution in [0.4, 0.5) is 11.4 Å². The van der Waals surface area contributed by atoms with Gasteiger partial charge in [0.2, 0.25) is 0 Å². The Kier molecular flexibility index (Phi) is 3.77. The molecule has 2 unspecified atom stereocenters. The number of hydrogen-bond donors (Lipinski definition) is 2. The first kappa shape index (κ1) is 12.1. The molecule has 94 valence electrons. The van der Waals surface area contributed by atoms with E-state index in [1.807, 2.05) is 18.2 Å². The average Bonchev–Trinajstić information content (AvgIpc) is 2.71. The topological polar surface area (TPSA) is 47.3 Å². The number of methoxy groups -OCH3 is 1. The number of nitrogen functional groups attached to an aromatic ring is 1. The predicted octanol–water partition coefficient (Wildman–Crippen LogP) is 3.13. The van der Waals surface area contributed by atoms with Gasteiger partial charge in [0, 0.05) is 30.1 Å². The molecule has 2 atom stereocenters. The van der Waals surface area contributed by atoms with Crippen LogP contribution in [0.25, 0.3) is 0 Å². The summed E-state index contributed by atoms with van der Waals surface area (Å²) in [6, 6.07) is 5.79. The molecule has 0 heterocycles. The van der Waals surface area contributed by atoms with Crippen LogP contribution in [0.15, 0.2) is 18.2 Å². The van der Waals surface area contributed by atoms with Crippen LogP contribution in [0.1, 0.15) is 26.2 Å². The van der Waals surface area contributed by atoms with Crippen LogP contribution in [0.3, 0.4) is 0 Å². The smallest absolute Gasteiger partial charge is 0.122 e. The van der Waals surface area contributed by atoms with Crippen LogP contribution in [-0.4, -0.2) is 13.7 Å². The minimum absolute atomic E-state index is 0.742. The second-order valence-electron chi connectivity index (χ2n) is 5.04. The molecule has 0 spiro atoms. The number of hydrogen-bond acceptors (Lipinski definition) is 3. The van der Waals surface area contributed by atoms with Crippen LogP contribution in [0.2, 0.25) is 0 Å². The van der Waals surface area contributed by atoms with Crippen molar-refractivity contribution in [2.45, 2.75) is 26.2 Å². The van der Waals surface area contributed by atoms with E-state index in [4.69, 9.17) is 10.5 Å². The molecule has 0 radical (unpaired) electrons. The third kappa shape index (κ3) is 3.05. The predicted molar refractivity (Wildman–Crippen MR) is 72.4 cm³/mol. The quantitative estimate of drug-likeness (QED) is 0.787. The molecule has 0 aliphatic heterocycles. The van der Waals surface area contributed by atoms with Crippen molar-refractivity contribution in [2.24, 2.45) is 11.8 Å². The molecular weight excluding hydrogens is 212 g/mol. The molecule has 1 aliphatic rings. The molecule has 1 aromatic rings. The normalized spacial score (nSPS) is 23.6. The summed E-state index contributed by atoms with van der Waals surface area (Å²) in [7, 11) is 1.66. The second kappa shape index (κ2) is 5.30. The molecule has 1 aliphatic carbocycles. The van der Waals surface area contributed by atoms with E-state index in [9.17, 15) is 0 Å². The van der Waals surface area contributed by atoms with Crippen molar-refractivity contribution in [1.82, 2.24) is 0 Å². The molecule has 3 nitrogen and oxygen atoms in total. The number of anilines is 2. The first-order chi connectivity index (χ1) is 8.19. The lowest BCUT2D eigenvalue weighted by Gasteiger charge is -2.17. The lowest BCUT2D eigenvalue weighted by molar-refractivity contribution is 0.415. The summed E-state index contributed by atoms with van der Waals surface area (Å²) >= 11 is 0. The van der Waals surface area contributed by atoms with Crippen LogP contribution < -0.4 is 15.8 Å². The molecule has 0 amide bonds. The largest absolute Gasteiger partial charge is 0.497 e. The van der Waals surface area contributed by atoms with Gasteiger partial charge in [-0.25, -0.2) is 0 Å². The molecule has 0 bridgehead atoms. The molecule has 1 saturated carbocycles. The van der Waals surface area contributed by atoms with Crippen molar-refractivity contribution in [3.05, 3.63) is 18.2 Å². The molecule has 0 saturated heterocycles. The standard InChI is InChI=1S/C14H22N2O/c1-10-4-3-5-11(10)9-16-13-6-12(15)7-14(8-13)17-2/h6-8,10-11,16H,3-5,9,15H2,1-2H3. The molecule has 3 N–H and O–H groups in total. The molecule has 0 aromatic heterocycles. The number of nitrogens with two attached hydrogens (primary N) is 1. The van der Waals surface area contributed by atoms with Crippen LogP contribution in [-0.2, 0) is 0 Å². The fraction of sp³-hybridized carbons (Fsp3) is 0.571. The van der Waals surface area contributed by atoms with Gasteiger partial charge in [-0.05, 0) is 24.3 Å². The molecular formula is C14H22N2O. The number of rotatable bonds is 4. The van der Waals surface area contributed by atoms with E-state index in [-0.39, 0.29) is 0 Å². The number of ether oxygens (including phenoxy) is 1. The van der Waals surface area contributed by atoms with E-state index in [0.29, 0.717) is 0 Å². The zero-order valence-corrected chi connectivity index (χ0v) is 10.7. The van der Waals surface area contributed by atoms with Gasteiger partial charge in [-0.15, -0.1) is 0 Å². The minimum Gasteiger partial charge on any atom is -0.497 e. The third-order valence-corrected chi connectivity index (χ3v) is 3.77. The molecule has 2 rings (SSSR count). The average molecular weight is 234 g/mol. The highest BCUT2D eigenvalue weighted by Gasteiger charge is 2.22. The summed E-state index contributed by atoms with van der Waals surface area (Å²) in [5.41, 5.74) is 7.62. The van der Waals surface area contributed by atoms with Gasteiger partial charge in [0.05, 0.1) is 7.11 Å². The van der Waals surface area contributed by atoms with Crippen LogP contribution in [0, 0.1) is 11.8 Å². The van der Waals surface area contributed by atoms with E-state index in [0.717, 1.165) is 35.5 Å². The fourth-order valence-electron chi connectivity index (χ4n) is 2.62. The Hall–Kier alpha value is -1.38. The van der Waals surface area contributed by atoms with Gasteiger partial charge in [-0.2, -0.15) is 0 Å². The Morgan fingerprint density at radius 1 is 1.35 bits per heavy atom. The van der Waals surface area contributed by atoms with Gasteiger partial charge in [0.1, 0.15) is 5.75 Å². The highest BCUT2D eigenvalue weighted by atomic mass is 16.5. The van der Waals surface area contributed by atoms with E-state index in [1.54, 1.807) is 7.11 Å². The lowest BCUT2D eigenvalue weighted by atomic mass is 9.98. The van der Waals surface area contributed by atoms with Crippen molar-refractivity contribution >= 4 is 11.4 Å². The Morgan fingerprint density at radius 3 is 2.82 bits per heavy atom. The van der Waals surface area contributed by atoms with Crippen LogP contribution in [0.5, 0.6) is 5.75 Å². The Morgan fingerprint density at radius 2 is 2.18 bits per heavy atom. The highest BCUT2D eigenvalue weighted by Crippen LogP contribution is 2.31.